The van der Waals surface area contributed by atoms with Crippen molar-refractivity contribution in [2.45, 2.75) is 27.3 Å². The third-order valence-corrected chi connectivity index (χ3v) is 4.05. The van der Waals surface area contributed by atoms with E-state index in [4.69, 9.17) is 0 Å². The Morgan fingerprint density at radius 3 is 2.60 bits per heavy atom. The number of nitrogens with one attached hydrogen (secondary N) is 1. The SMILES string of the molecule is Cc1ncc(CNc2nc(C)c(C)s2)s1. The van der Waals surface area contributed by atoms with E-state index in [9.17, 15) is 0 Å². The molecule has 2 aromatic rings. The number of nitrogens with zero attached hydrogens (tertiary/aromatic N) is 2. The minimum Gasteiger partial charge on any atom is -0.357 e. The van der Waals surface area contributed by atoms with Crippen molar-refractivity contribution in [3.05, 3.63) is 26.7 Å². The number of aromatic nitrogens is 2. The zero-order valence-corrected chi connectivity index (χ0v) is 10.6. The summed E-state index contributed by atoms with van der Waals surface area (Å²) >= 11 is 3.42. The fourth-order valence-corrected chi connectivity index (χ4v) is 2.74. The van der Waals surface area contributed by atoms with Gasteiger partial charge < -0.3 is 5.32 Å². The standard InChI is InChI=1S/C10H13N3S2/c1-6-7(2)14-10(13-6)12-5-9-4-11-8(3)15-9/h4H,5H2,1-3H3,(H,12,13). The summed E-state index contributed by atoms with van der Waals surface area (Å²) in [5, 5.41) is 5.42. The summed E-state index contributed by atoms with van der Waals surface area (Å²) in [6.07, 6.45) is 1.92. The molecule has 0 saturated carbocycles. The van der Waals surface area contributed by atoms with Crippen molar-refractivity contribution in [1.29, 1.82) is 0 Å². The smallest absolute Gasteiger partial charge is 0.183 e. The summed E-state index contributed by atoms with van der Waals surface area (Å²) in [7, 11) is 0. The first-order valence-corrected chi connectivity index (χ1v) is 6.37. The van der Waals surface area contributed by atoms with Gasteiger partial charge in [-0.2, -0.15) is 0 Å². The molecule has 1 N–H and O–H groups in total. The Bertz CT molecular complexity index is 439. The topological polar surface area (TPSA) is 37.8 Å². The largest absolute Gasteiger partial charge is 0.357 e. The molecule has 2 heterocycles. The fraction of sp³-hybridized carbons (Fsp3) is 0.400. The van der Waals surface area contributed by atoms with Crippen LogP contribution < -0.4 is 5.32 Å². The predicted octanol–water partition coefficient (Wildman–Crippen LogP) is 3.14. The summed E-state index contributed by atoms with van der Waals surface area (Å²) < 4.78 is 0. The van der Waals surface area contributed by atoms with Gasteiger partial charge in [-0.25, -0.2) is 9.97 Å². The molecule has 0 radical (unpaired) electrons. The Balaban J connectivity index is 1.99. The second kappa shape index (κ2) is 4.28. The number of anilines is 1. The van der Waals surface area contributed by atoms with E-state index in [2.05, 4.69) is 22.2 Å². The average molecular weight is 239 g/mol. The molecule has 0 amide bonds. The zero-order chi connectivity index (χ0) is 10.8. The van der Waals surface area contributed by atoms with Crippen molar-refractivity contribution in [2.75, 3.05) is 5.32 Å². The van der Waals surface area contributed by atoms with Crippen molar-refractivity contribution >= 4 is 27.8 Å². The molecule has 0 fully saturated rings. The van der Waals surface area contributed by atoms with Crippen molar-refractivity contribution in [3.63, 3.8) is 0 Å². The van der Waals surface area contributed by atoms with Crippen molar-refractivity contribution in [1.82, 2.24) is 9.97 Å². The van der Waals surface area contributed by atoms with Gasteiger partial charge in [0.05, 0.1) is 17.2 Å². The first kappa shape index (κ1) is 10.6. The maximum atomic E-state index is 4.42. The Morgan fingerprint density at radius 1 is 1.27 bits per heavy atom. The zero-order valence-electron chi connectivity index (χ0n) is 9.00. The molecule has 0 aliphatic heterocycles. The van der Waals surface area contributed by atoms with Crippen molar-refractivity contribution in [2.24, 2.45) is 0 Å². The molecule has 0 saturated heterocycles. The molecule has 3 nitrogen and oxygen atoms in total. The van der Waals surface area contributed by atoms with E-state index in [1.54, 1.807) is 22.7 Å². The molecule has 0 unspecified atom stereocenters. The quantitative estimate of drug-likeness (QED) is 0.894. The molecule has 0 bridgehead atoms. The van der Waals surface area contributed by atoms with Gasteiger partial charge in [-0.15, -0.1) is 22.7 Å². The van der Waals surface area contributed by atoms with Gasteiger partial charge in [-0.3, -0.25) is 0 Å². The predicted molar refractivity (Wildman–Crippen MR) is 65.8 cm³/mol. The number of thiazole rings is 2. The van der Waals surface area contributed by atoms with E-state index in [1.165, 1.54) is 9.75 Å². The van der Waals surface area contributed by atoms with Crippen LogP contribution in [0.4, 0.5) is 5.13 Å². The minimum atomic E-state index is 0.817. The Morgan fingerprint density at radius 2 is 2.07 bits per heavy atom. The molecule has 15 heavy (non-hydrogen) atoms. The lowest BCUT2D eigenvalue weighted by atomic mass is 10.4. The van der Waals surface area contributed by atoms with Crippen molar-refractivity contribution in [3.8, 4) is 0 Å². The summed E-state index contributed by atoms with van der Waals surface area (Å²) in [5.41, 5.74) is 1.11. The van der Waals surface area contributed by atoms with Crippen LogP contribution in [0.3, 0.4) is 0 Å². The van der Waals surface area contributed by atoms with Crippen LogP contribution in [0.5, 0.6) is 0 Å². The van der Waals surface area contributed by atoms with Crippen LogP contribution in [0.1, 0.15) is 20.5 Å². The van der Waals surface area contributed by atoms with Crippen LogP contribution in [0, 0.1) is 20.8 Å². The van der Waals surface area contributed by atoms with Crippen LogP contribution in [0.25, 0.3) is 0 Å². The lowest BCUT2D eigenvalue weighted by Crippen LogP contribution is -1.96. The highest BCUT2D eigenvalue weighted by molar-refractivity contribution is 7.15. The van der Waals surface area contributed by atoms with E-state index in [-0.39, 0.29) is 0 Å². The maximum Gasteiger partial charge on any atom is 0.183 e. The number of hydrogen-bond donors (Lipinski definition) is 1. The first-order valence-electron chi connectivity index (χ1n) is 4.74. The van der Waals surface area contributed by atoms with Gasteiger partial charge in [0.25, 0.3) is 0 Å². The third kappa shape index (κ3) is 2.54. The monoisotopic (exact) mass is 239 g/mol. The molecule has 0 aliphatic rings. The van der Waals surface area contributed by atoms with Gasteiger partial charge in [-0.1, -0.05) is 0 Å². The van der Waals surface area contributed by atoms with E-state index in [0.717, 1.165) is 22.4 Å². The highest BCUT2D eigenvalue weighted by Crippen LogP contribution is 2.22. The molecular weight excluding hydrogens is 226 g/mol. The number of hydrogen-bond acceptors (Lipinski definition) is 5. The molecule has 5 heteroatoms. The van der Waals surface area contributed by atoms with Crippen LogP contribution >= 0.6 is 22.7 Å². The summed E-state index contributed by atoms with van der Waals surface area (Å²) in [6, 6.07) is 0. The molecule has 80 valence electrons. The Kier molecular flexibility index (Phi) is 3.02. The van der Waals surface area contributed by atoms with E-state index in [1.807, 2.05) is 20.0 Å². The highest BCUT2D eigenvalue weighted by Gasteiger charge is 2.03. The van der Waals surface area contributed by atoms with Crippen LogP contribution in [-0.2, 0) is 6.54 Å². The highest BCUT2D eigenvalue weighted by atomic mass is 32.1. The Hall–Kier alpha value is -0.940. The van der Waals surface area contributed by atoms with Crippen molar-refractivity contribution < 1.29 is 0 Å². The molecule has 2 aromatic heterocycles. The average Bonchev–Trinajstić information content (AvgIpc) is 2.72. The van der Waals surface area contributed by atoms with Gasteiger partial charge in [0.2, 0.25) is 0 Å². The molecule has 0 aromatic carbocycles. The maximum absolute atomic E-state index is 4.42. The molecule has 0 aliphatic carbocycles. The first-order chi connectivity index (χ1) is 7.15. The van der Waals surface area contributed by atoms with Gasteiger partial charge in [-0.05, 0) is 20.8 Å². The molecular formula is C10H13N3S2. The second-order valence-corrected chi connectivity index (χ2v) is 5.88. The number of aryl methyl sites for hydroxylation is 3. The molecule has 2 rings (SSSR count). The van der Waals surface area contributed by atoms with Gasteiger partial charge >= 0.3 is 0 Å². The van der Waals surface area contributed by atoms with E-state index >= 15 is 0 Å². The van der Waals surface area contributed by atoms with Gasteiger partial charge in [0.1, 0.15) is 0 Å². The van der Waals surface area contributed by atoms with Crippen LogP contribution in [0.15, 0.2) is 6.20 Å². The minimum absolute atomic E-state index is 0.817. The summed E-state index contributed by atoms with van der Waals surface area (Å²) in [5.74, 6) is 0. The normalized spacial score (nSPS) is 10.6. The molecule has 0 spiro atoms. The number of rotatable bonds is 3. The van der Waals surface area contributed by atoms with Crippen LogP contribution in [0.2, 0.25) is 0 Å². The second-order valence-electron chi connectivity index (χ2n) is 3.36. The van der Waals surface area contributed by atoms with E-state index < -0.39 is 0 Å². The summed E-state index contributed by atoms with van der Waals surface area (Å²) in [6.45, 7) is 6.96. The lowest BCUT2D eigenvalue weighted by molar-refractivity contribution is 1.13. The lowest BCUT2D eigenvalue weighted by Gasteiger charge is -1.97. The van der Waals surface area contributed by atoms with E-state index in [0.29, 0.717) is 0 Å². The van der Waals surface area contributed by atoms with Gasteiger partial charge in [0, 0.05) is 16.0 Å². The summed E-state index contributed by atoms with van der Waals surface area (Å²) in [4.78, 5) is 11.2. The Labute approximate surface area is 97.2 Å². The molecule has 0 atom stereocenters. The fourth-order valence-electron chi connectivity index (χ4n) is 1.20. The van der Waals surface area contributed by atoms with Crippen LogP contribution in [-0.4, -0.2) is 9.97 Å². The third-order valence-electron chi connectivity index (χ3n) is 2.11. The van der Waals surface area contributed by atoms with Gasteiger partial charge in [0.15, 0.2) is 5.13 Å².